The van der Waals surface area contributed by atoms with Crippen LogP contribution in [0.3, 0.4) is 0 Å². The zero-order chi connectivity index (χ0) is 27.8. The van der Waals surface area contributed by atoms with E-state index in [-0.39, 0.29) is 17.4 Å². The van der Waals surface area contributed by atoms with Crippen LogP contribution in [0.15, 0.2) is 99.4 Å². The number of alkyl halides is 2. The van der Waals surface area contributed by atoms with Crippen LogP contribution in [0.4, 0.5) is 8.78 Å². The lowest BCUT2D eigenvalue weighted by Crippen LogP contribution is -2.39. The van der Waals surface area contributed by atoms with Crippen molar-refractivity contribution in [1.29, 1.82) is 0 Å². The molecule has 4 aromatic rings. The van der Waals surface area contributed by atoms with Crippen LogP contribution in [0.25, 0.3) is 12.2 Å². The summed E-state index contributed by atoms with van der Waals surface area (Å²) >= 11 is 13.5. The molecule has 0 spiro atoms. The van der Waals surface area contributed by atoms with Gasteiger partial charge in [-0.1, -0.05) is 77.0 Å². The highest BCUT2D eigenvalue weighted by atomic mass is 35.5. The highest BCUT2D eigenvalue weighted by Gasteiger charge is 2.32. The fraction of sp³-hybridized carbons (Fsp3) is 0.161. The Morgan fingerprint density at radius 2 is 1.65 bits per heavy atom. The van der Waals surface area contributed by atoms with Crippen LogP contribution < -0.4 is 19.6 Å². The van der Waals surface area contributed by atoms with Crippen LogP contribution in [0.2, 0.25) is 10.0 Å². The van der Waals surface area contributed by atoms with Crippen LogP contribution >= 0.6 is 34.5 Å². The number of para-hydroxylation sites is 1. The summed E-state index contributed by atoms with van der Waals surface area (Å²) < 4.78 is 32.8. The molecule has 202 valence electrons. The number of fused-ring (bicyclic) bond motifs is 1. The largest absolute Gasteiger partial charge is 0.434 e. The van der Waals surface area contributed by atoms with Crippen LogP contribution in [0, 0.1) is 0 Å². The molecule has 1 aromatic heterocycles. The molecule has 1 aliphatic heterocycles. The Hall–Kier alpha value is -3.52. The van der Waals surface area contributed by atoms with E-state index < -0.39 is 6.61 Å². The van der Waals surface area contributed by atoms with Crippen molar-refractivity contribution < 1.29 is 13.5 Å². The van der Waals surface area contributed by atoms with Gasteiger partial charge < -0.3 is 4.74 Å². The second-order valence-corrected chi connectivity index (χ2v) is 11.4. The van der Waals surface area contributed by atoms with Crippen molar-refractivity contribution >= 4 is 46.7 Å². The number of ether oxygens (including phenoxy) is 1. The summed E-state index contributed by atoms with van der Waals surface area (Å²) in [6, 6.07) is 21.2. The minimum absolute atomic E-state index is 0.00469. The van der Waals surface area contributed by atoms with Crippen LogP contribution in [-0.4, -0.2) is 11.2 Å². The maximum atomic E-state index is 13.9. The molecule has 1 atom stereocenters. The lowest BCUT2D eigenvalue weighted by Gasteiger charge is -2.31. The molecule has 0 fully saturated rings. The molecule has 2 heterocycles. The van der Waals surface area contributed by atoms with Gasteiger partial charge in [0.25, 0.3) is 5.56 Å². The second-order valence-electron chi connectivity index (χ2n) is 9.50. The van der Waals surface area contributed by atoms with Gasteiger partial charge in [0.2, 0.25) is 0 Å². The Morgan fingerprint density at radius 3 is 2.38 bits per heavy atom. The van der Waals surface area contributed by atoms with E-state index in [0.29, 0.717) is 24.9 Å². The summed E-state index contributed by atoms with van der Waals surface area (Å²) in [6.45, 7) is -2.97. The van der Waals surface area contributed by atoms with Gasteiger partial charge in [0, 0.05) is 15.6 Å². The van der Waals surface area contributed by atoms with Gasteiger partial charge >= 0.3 is 6.61 Å². The van der Waals surface area contributed by atoms with Crippen molar-refractivity contribution in [1.82, 2.24) is 4.57 Å². The third kappa shape index (κ3) is 5.29. The lowest BCUT2D eigenvalue weighted by atomic mass is 9.84. The minimum Gasteiger partial charge on any atom is -0.434 e. The van der Waals surface area contributed by atoms with E-state index in [1.54, 1.807) is 28.8 Å². The smallest absolute Gasteiger partial charge is 0.387 e. The summed E-state index contributed by atoms with van der Waals surface area (Å²) in [6.07, 6.45) is 6.28. The van der Waals surface area contributed by atoms with Crippen molar-refractivity contribution in [2.75, 3.05) is 0 Å². The first-order valence-electron chi connectivity index (χ1n) is 12.7. The Balaban J connectivity index is 1.56. The van der Waals surface area contributed by atoms with E-state index in [1.165, 1.54) is 17.4 Å². The monoisotopic (exact) mass is 594 g/mol. The molecule has 1 unspecified atom stereocenters. The molecule has 2 aliphatic rings. The molecule has 40 heavy (non-hydrogen) atoms. The quantitative estimate of drug-likeness (QED) is 0.242. The van der Waals surface area contributed by atoms with Gasteiger partial charge in [0.05, 0.1) is 16.3 Å². The highest BCUT2D eigenvalue weighted by Crippen LogP contribution is 2.41. The number of halogens is 4. The van der Waals surface area contributed by atoms with E-state index in [1.807, 2.05) is 48.5 Å². The van der Waals surface area contributed by atoms with E-state index in [9.17, 15) is 13.6 Å². The Bertz CT molecular complexity index is 1820. The Kier molecular flexibility index (Phi) is 7.45. The number of rotatable bonds is 5. The SMILES string of the molecule is O=c1c(=Cc2ccccc2OC(F)F)sc2n1C(c1ccc(Cl)cc1)C1=C(N=2)C(=Cc2ccc(Cl)cc2)CCC1. The molecule has 0 saturated heterocycles. The van der Waals surface area contributed by atoms with Gasteiger partial charge in [0.1, 0.15) is 5.75 Å². The van der Waals surface area contributed by atoms with Gasteiger partial charge in [-0.3, -0.25) is 9.36 Å². The molecule has 9 heteroatoms. The fourth-order valence-corrected chi connectivity index (χ4v) is 6.45. The number of aromatic nitrogens is 1. The third-order valence-electron chi connectivity index (χ3n) is 6.95. The van der Waals surface area contributed by atoms with Crippen molar-refractivity contribution in [3.63, 3.8) is 0 Å². The molecule has 0 saturated carbocycles. The summed E-state index contributed by atoms with van der Waals surface area (Å²) in [5.74, 6) is 0.00469. The fourth-order valence-electron chi connectivity index (χ4n) is 5.21. The van der Waals surface area contributed by atoms with Crippen LogP contribution in [-0.2, 0) is 0 Å². The summed E-state index contributed by atoms with van der Waals surface area (Å²) in [4.78, 5) is 19.5. The van der Waals surface area contributed by atoms with Gasteiger partial charge in [-0.05, 0) is 84.0 Å². The predicted octanol–water partition coefficient (Wildman–Crippen LogP) is 7.39. The summed E-state index contributed by atoms with van der Waals surface area (Å²) in [5.41, 5.74) is 5.14. The van der Waals surface area contributed by atoms with Crippen molar-refractivity contribution in [2.45, 2.75) is 31.9 Å². The maximum absolute atomic E-state index is 13.9. The van der Waals surface area contributed by atoms with Gasteiger partial charge in [-0.15, -0.1) is 0 Å². The van der Waals surface area contributed by atoms with E-state index in [2.05, 4.69) is 10.8 Å². The van der Waals surface area contributed by atoms with Gasteiger partial charge in [-0.25, -0.2) is 4.99 Å². The van der Waals surface area contributed by atoms with E-state index in [0.717, 1.165) is 47.2 Å². The molecular weight excluding hydrogens is 573 g/mol. The highest BCUT2D eigenvalue weighted by molar-refractivity contribution is 7.07. The first-order chi connectivity index (χ1) is 19.4. The summed E-state index contributed by atoms with van der Waals surface area (Å²) in [7, 11) is 0. The average molecular weight is 595 g/mol. The van der Waals surface area contributed by atoms with Crippen molar-refractivity contribution in [3.8, 4) is 5.75 Å². The van der Waals surface area contributed by atoms with Crippen LogP contribution in [0.5, 0.6) is 5.75 Å². The van der Waals surface area contributed by atoms with E-state index in [4.69, 9.17) is 28.2 Å². The third-order valence-corrected chi connectivity index (χ3v) is 8.44. The molecule has 0 radical (unpaired) electrons. The topological polar surface area (TPSA) is 43.6 Å². The standard InChI is InChI=1S/C31H22Cl2F2N2O2S/c32-22-12-8-18(9-13-22)16-21-5-3-6-24-27(21)36-31-37(28(24)19-10-14-23(33)15-11-19)29(38)26(40-31)17-20-4-1-2-7-25(20)39-30(34)35/h1-2,4,7-17,28,30H,3,5-6H2. The van der Waals surface area contributed by atoms with E-state index >= 15 is 0 Å². The molecular formula is C31H22Cl2F2N2O2S. The number of thiazole rings is 1. The number of nitrogens with zero attached hydrogens (tertiary/aromatic N) is 2. The number of allylic oxidation sites excluding steroid dienone is 2. The van der Waals surface area contributed by atoms with Gasteiger partial charge in [-0.2, -0.15) is 8.78 Å². The first-order valence-corrected chi connectivity index (χ1v) is 14.3. The lowest BCUT2D eigenvalue weighted by molar-refractivity contribution is -0.0499. The molecule has 4 nitrogen and oxygen atoms in total. The summed E-state index contributed by atoms with van der Waals surface area (Å²) in [5, 5.41) is 1.27. The Labute approximate surface area is 242 Å². The van der Waals surface area contributed by atoms with Crippen LogP contribution in [0.1, 0.15) is 42.0 Å². The molecule has 0 amide bonds. The normalized spacial score (nSPS) is 18.1. The van der Waals surface area contributed by atoms with Crippen molar-refractivity contribution in [3.05, 3.63) is 136 Å². The average Bonchev–Trinajstić information content (AvgIpc) is 3.25. The second kappa shape index (κ2) is 11.2. The predicted molar refractivity (Wildman–Crippen MR) is 156 cm³/mol. The molecule has 3 aromatic carbocycles. The minimum atomic E-state index is -2.97. The molecule has 6 rings (SSSR count). The zero-order valence-corrected chi connectivity index (χ0v) is 23.3. The first kappa shape index (κ1) is 26.7. The molecule has 0 bridgehead atoms. The Morgan fingerprint density at radius 1 is 0.950 bits per heavy atom. The molecule has 1 aliphatic carbocycles. The molecule has 0 N–H and O–H groups in total. The maximum Gasteiger partial charge on any atom is 0.387 e. The number of benzene rings is 3. The number of hydrogen-bond acceptors (Lipinski definition) is 4. The van der Waals surface area contributed by atoms with Gasteiger partial charge in [0.15, 0.2) is 4.80 Å². The number of hydrogen-bond donors (Lipinski definition) is 0. The zero-order valence-electron chi connectivity index (χ0n) is 21.0. The van der Waals surface area contributed by atoms with Crippen molar-refractivity contribution in [2.24, 2.45) is 4.99 Å².